The lowest BCUT2D eigenvalue weighted by molar-refractivity contribution is 0.0525. The van der Waals surface area contributed by atoms with Crippen LogP contribution in [0.2, 0.25) is 0 Å². The Kier molecular flexibility index (Phi) is 6.00. The van der Waals surface area contributed by atoms with Crippen LogP contribution in [0.1, 0.15) is 33.3 Å². The second-order valence-corrected chi connectivity index (χ2v) is 5.33. The third-order valence-electron chi connectivity index (χ3n) is 3.59. The summed E-state index contributed by atoms with van der Waals surface area (Å²) < 4.78 is 15.2. The zero-order valence-corrected chi connectivity index (χ0v) is 15.0. The Hall–Kier alpha value is -3.29. The molecule has 2 rings (SSSR count). The Labute approximate surface area is 150 Å². The van der Waals surface area contributed by atoms with Gasteiger partial charge in [-0.05, 0) is 19.9 Å². The molecular formula is C18H20N2O6. The predicted octanol–water partition coefficient (Wildman–Crippen LogP) is 2.13. The molecule has 0 spiro atoms. The molecule has 0 aliphatic heterocycles. The lowest BCUT2D eigenvalue weighted by Gasteiger charge is -2.11. The van der Waals surface area contributed by atoms with Gasteiger partial charge in [0.25, 0.3) is 11.5 Å². The lowest BCUT2D eigenvalue weighted by Crippen LogP contribution is -2.25. The van der Waals surface area contributed by atoms with E-state index < -0.39 is 17.4 Å². The molecule has 0 aliphatic rings. The number of ether oxygens (including phenoxy) is 3. The van der Waals surface area contributed by atoms with Gasteiger partial charge in [-0.1, -0.05) is 0 Å². The molecule has 1 aromatic carbocycles. The number of aromatic nitrogens is 1. The monoisotopic (exact) mass is 360 g/mol. The minimum atomic E-state index is -0.674. The number of carbonyl (C=O) groups excluding carboxylic acids is 2. The van der Waals surface area contributed by atoms with Crippen LogP contribution in [0.25, 0.3) is 0 Å². The summed E-state index contributed by atoms with van der Waals surface area (Å²) in [5, 5.41) is 2.60. The molecule has 1 aromatic heterocycles. The fraction of sp³-hybridized carbons (Fsp3) is 0.278. The van der Waals surface area contributed by atoms with E-state index >= 15 is 0 Å². The van der Waals surface area contributed by atoms with Gasteiger partial charge in [0.05, 0.1) is 26.4 Å². The average Bonchev–Trinajstić information content (AvgIpc) is 2.61. The quantitative estimate of drug-likeness (QED) is 0.764. The third-order valence-corrected chi connectivity index (χ3v) is 3.59. The van der Waals surface area contributed by atoms with Crippen molar-refractivity contribution in [3.63, 3.8) is 0 Å². The maximum atomic E-state index is 12.5. The molecule has 1 heterocycles. The van der Waals surface area contributed by atoms with Gasteiger partial charge in [-0.25, -0.2) is 4.79 Å². The first-order chi connectivity index (χ1) is 12.4. The Morgan fingerprint density at radius 2 is 1.65 bits per heavy atom. The number of H-pyrrole nitrogens is 1. The fourth-order valence-electron chi connectivity index (χ4n) is 2.29. The Bertz CT molecular complexity index is 865. The van der Waals surface area contributed by atoms with E-state index in [0.29, 0.717) is 22.9 Å². The third kappa shape index (κ3) is 4.21. The first-order valence-electron chi connectivity index (χ1n) is 7.85. The van der Waals surface area contributed by atoms with E-state index in [2.05, 4.69) is 10.3 Å². The van der Waals surface area contributed by atoms with Crippen molar-refractivity contribution in [1.82, 2.24) is 4.98 Å². The van der Waals surface area contributed by atoms with Gasteiger partial charge in [-0.3, -0.25) is 9.59 Å². The number of hydrogen-bond donors (Lipinski definition) is 2. The number of esters is 1. The number of benzene rings is 1. The number of rotatable bonds is 6. The number of aryl methyl sites for hydroxylation is 1. The molecule has 0 unspecified atom stereocenters. The number of aromatic amines is 1. The number of methoxy groups -OCH3 is 2. The average molecular weight is 360 g/mol. The SMILES string of the molecule is CCOC(=O)c1cc(C(=O)Nc2cc(OC)cc(OC)c2)c(=O)[nH]c1C. The van der Waals surface area contributed by atoms with Crippen LogP contribution >= 0.6 is 0 Å². The molecule has 2 N–H and O–H groups in total. The van der Waals surface area contributed by atoms with Crippen LogP contribution in [0, 0.1) is 6.92 Å². The van der Waals surface area contributed by atoms with Gasteiger partial charge < -0.3 is 24.5 Å². The van der Waals surface area contributed by atoms with E-state index in [9.17, 15) is 14.4 Å². The summed E-state index contributed by atoms with van der Waals surface area (Å²) in [5.74, 6) is -0.334. The molecule has 0 fully saturated rings. The van der Waals surface area contributed by atoms with E-state index in [-0.39, 0.29) is 17.7 Å². The minimum Gasteiger partial charge on any atom is -0.497 e. The van der Waals surface area contributed by atoms with Crippen molar-refractivity contribution >= 4 is 17.6 Å². The zero-order valence-electron chi connectivity index (χ0n) is 15.0. The van der Waals surface area contributed by atoms with Crippen LogP contribution in [-0.2, 0) is 4.74 Å². The van der Waals surface area contributed by atoms with Gasteiger partial charge in [0.2, 0.25) is 0 Å². The molecule has 8 nitrogen and oxygen atoms in total. The fourth-order valence-corrected chi connectivity index (χ4v) is 2.29. The topological polar surface area (TPSA) is 107 Å². The van der Waals surface area contributed by atoms with E-state index in [4.69, 9.17) is 14.2 Å². The van der Waals surface area contributed by atoms with Crippen LogP contribution in [0.5, 0.6) is 11.5 Å². The van der Waals surface area contributed by atoms with Crippen LogP contribution < -0.4 is 20.3 Å². The number of nitrogens with one attached hydrogen (secondary N) is 2. The van der Waals surface area contributed by atoms with Crippen molar-refractivity contribution in [2.24, 2.45) is 0 Å². The van der Waals surface area contributed by atoms with Crippen molar-refractivity contribution in [3.8, 4) is 11.5 Å². The molecule has 0 atom stereocenters. The molecule has 0 aliphatic carbocycles. The smallest absolute Gasteiger partial charge is 0.339 e. The molecule has 2 aromatic rings. The Balaban J connectivity index is 2.37. The van der Waals surface area contributed by atoms with Crippen LogP contribution in [0.3, 0.4) is 0 Å². The minimum absolute atomic E-state index is 0.125. The van der Waals surface area contributed by atoms with Crippen LogP contribution in [0.4, 0.5) is 5.69 Å². The second kappa shape index (κ2) is 8.19. The highest BCUT2D eigenvalue weighted by atomic mass is 16.5. The highest BCUT2D eigenvalue weighted by molar-refractivity contribution is 6.05. The van der Waals surface area contributed by atoms with E-state index in [0.717, 1.165) is 0 Å². The largest absolute Gasteiger partial charge is 0.497 e. The molecule has 138 valence electrons. The standard InChI is InChI=1S/C18H20N2O6/c1-5-26-18(23)14-9-15(16(21)19-10(14)2)17(22)20-11-6-12(24-3)8-13(7-11)25-4/h6-9H,5H2,1-4H3,(H,19,21)(H,20,22). The Morgan fingerprint density at radius 3 is 2.19 bits per heavy atom. The lowest BCUT2D eigenvalue weighted by atomic mass is 10.1. The van der Waals surface area contributed by atoms with E-state index in [1.165, 1.54) is 20.3 Å². The molecule has 0 radical (unpaired) electrons. The molecule has 8 heteroatoms. The van der Waals surface area contributed by atoms with Gasteiger partial charge in [0, 0.05) is 29.6 Å². The zero-order chi connectivity index (χ0) is 19.3. The number of anilines is 1. The first kappa shape index (κ1) is 19.0. The van der Waals surface area contributed by atoms with Gasteiger partial charge in [0.15, 0.2) is 0 Å². The molecular weight excluding hydrogens is 340 g/mol. The summed E-state index contributed by atoms with van der Waals surface area (Å²) in [5.41, 5.74) is 0.0140. The molecule has 0 saturated heterocycles. The van der Waals surface area contributed by atoms with Gasteiger partial charge in [-0.15, -0.1) is 0 Å². The van der Waals surface area contributed by atoms with E-state index in [1.807, 2.05) is 0 Å². The predicted molar refractivity (Wildman–Crippen MR) is 95.3 cm³/mol. The molecule has 0 saturated carbocycles. The van der Waals surface area contributed by atoms with Crippen molar-refractivity contribution in [3.05, 3.63) is 51.4 Å². The highest BCUT2D eigenvalue weighted by Gasteiger charge is 2.18. The van der Waals surface area contributed by atoms with Crippen molar-refractivity contribution in [1.29, 1.82) is 0 Å². The first-order valence-corrected chi connectivity index (χ1v) is 7.85. The summed E-state index contributed by atoms with van der Waals surface area (Å²) in [6, 6.07) is 6.02. The summed E-state index contributed by atoms with van der Waals surface area (Å²) in [7, 11) is 2.97. The van der Waals surface area contributed by atoms with Crippen LogP contribution in [0.15, 0.2) is 29.1 Å². The summed E-state index contributed by atoms with van der Waals surface area (Å²) in [6.45, 7) is 3.41. The summed E-state index contributed by atoms with van der Waals surface area (Å²) in [4.78, 5) is 39.1. The van der Waals surface area contributed by atoms with Crippen molar-refractivity contribution in [2.75, 3.05) is 26.1 Å². The second-order valence-electron chi connectivity index (χ2n) is 5.33. The maximum absolute atomic E-state index is 12.5. The number of carbonyl (C=O) groups is 2. The maximum Gasteiger partial charge on any atom is 0.339 e. The Morgan fingerprint density at radius 1 is 1.04 bits per heavy atom. The highest BCUT2D eigenvalue weighted by Crippen LogP contribution is 2.26. The van der Waals surface area contributed by atoms with Crippen molar-refractivity contribution in [2.45, 2.75) is 13.8 Å². The van der Waals surface area contributed by atoms with E-state index in [1.54, 1.807) is 32.0 Å². The van der Waals surface area contributed by atoms with Gasteiger partial charge in [0.1, 0.15) is 17.1 Å². The number of hydrogen-bond acceptors (Lipinski definition) is 6. The molecule has 26 heavy (non-hydrogen) atoms. The molecule has 1 amide bonds. The van der Waals surface area contributed by atoms with Crippen LogP contribution in [-0.4, -0.2) is 37.7 Å². The molecule has 0 bridgehead atoms. The number of amides is 1. The number of pyridine rings is 1. The van der Waals surface area contributed by atoms with Gasteiger partial charge in [-0.2, -0.15) is 0 Å². The summed E-state index contributed by atoms with van der Waals surface area (Å²) in [6.07, 6.45) is 0. The van der Waals surface area contributed by atoms with Crippen molar-refractivity contribution < 1.29 is 23.8 Å². The van der Waals surface area contributed by atoms with Gasteiger partial charge >= 0.3 is 5.97 Å². The normalized spacial score (nSPS) is 10.2. The summed E-state index contributed by atoms with van der Waals surface area (Å²) >= 11 is 0.